The molecule has 0 spiro atoms. The van der Waals surface area contributed by atoms with Crippen LogP contribution in [-0.2, 0) is 25.7 Å². The van der Waals surface area contributed by atoms with Crippen molar-refractivity contribution in [2.45, 2.75) is 115 Å². The van der Waals surface area contributed by atoms with E-state index in [0.717, 1.165) is 81.2 Å². The van der Waals surface area contributed by atoms with Gasteiger partial charge in [0.05, 0.1) is 36.0 Å². The molecule has 1 atom stereocenters. The molecule has 3 N–H and O–H groups in total. The van der Waals surface area contributed by atoms with Gasteiger partial charge in [0.15, 0.2) is 18.2 Å². The number of aryl methyl sites for hydroxylation is 1. The second kappa shape index (κ2) is 18.3. The van der Waals surface area contributed by atoms with Crippen molar-refractivity contribution >= 4 is 63.6 Å². The van der Waals surface area contributed by atoms with E-state index in [-0.39, 0.29) is 85.0 Å². The molecule has 4 aromatic rings. The highest BCUT2D eigenvalue weighted by Gasteiger charge is 2.43. The van der Waals surface area contributed by atoms with E-state index in [4.69, 9.17) is 26.1 Å². The Bertz CT molecular complexity index is 2600. The molecular weight excluding hydrogens is 857 g/mol. The average Bonchev–Trinajstić information content (AvgIpc) is 3.63. The summed E-state index contributed by atoms with van der Waals surface area (Å²) in [5, 5.41) is 9.25. The Labute approximate surface area is 381 Å². The zero-order valence-corrected chi connectivity index (χ0v) is 37.9. The fraction of sp³-hybridized carbons (Fsp3) is 0.511. The van der Waals surface area contributed by atoms with Crippen molar-refractivity contribution in [1.82, 2.24) is 35.0 Å². The molecule has 1 aliphatic carbocycles. The first-order valence-corrected chi connectivity index (χ1v) is 23.1. The Hall–Kier alpha value is -5.65. The highest BCUT2D eigenvalue weighted by Crippen LogP contribution is 2.40. The number of carbonyl (C=O) groups excluding carboxylic acids is 4. The van der Waals surface area contributed by atoms with E-state index in [0.29, 0.717) is 45.2 Å². The first kappa shape index (κ1) is 44.5. The number of carbonyl (C=O) groups is 4. The van der Waals surface area contributed by atoms with Crippen LogP contribution < -0.4 is 31.1 Å². The van der Waals surface area contributed by atoms with Gasteiger partial charge in [0.2, 0.25) is 17.8 Å². The number of hydrogen-bond acceptors (Lipinski definition) is 12. The monoisotopic (exact) mass is 911 g/mol. The lowest BCUT2D eigenvalue weighted by atomic mass is 9.82. The number of imide groups is 1. The molecule has 3 saturated heterocycles. The maximum atomic E-state index is 16.2. The number of nitrogens with zero attached hydrogens (tertiary/aromatic N) is 6. The van der Waals surface area contributed by atoms with Crippen LogP contribution in [0.5, 0.6) is 5.75 Å². The maximum Gasteiger partial charge on any atom is 0.293 e. The summed E-state index contributed by atoms with van der Waals surface area (Å²) in [7, 11) is 1.51. The van der Waals surface area contributed by atoms with Crippen LogP contribution in [0.25, 0.3) is 10.9 Å². The largest absolute Gasteiger partial charge is 0.478 e. The van der Waals surface area contributed by atoms with Crippen molar-refractivity contribution in [3.8, 4) is 5.75 Å². The smallest absolute Gasteiger partial charge is 0.293 e. The lowest BCUT2D eigenvalue weighted by Gasteiger charge is -2.47. The number of benzene rings is 2. The van der Waals surface area contributed by atoms with Crippen LogP contribution in [0.15, 0.2) is 41.3 Å². The number of halogens is 2. The fourth-order valence-electron chi connectivity index (χ4n) is 10.2. The third-order valence-electron chi connectivity index (χ3n) is 13.8. The zero-order chi connectivity index (χ0) is 45.7. The van der Waals surface area contributed by atoms with Gasteiger partial charge in [0, 0.05) is 55.3 Å². The van der Waals surface area contributed by atoms with E-state index in [1.165, 1.54) is 11.9 Å². The summed E-state index contributed by atoms with van der Waals surface area (Å²) in [6.07, 6.45) is 7.62. The molecule has 344 valence electrons. The van der Waals surface area contributed by atoms with Crippen LogP contribution in [0.2, 0.25) is 5.02 Å². The average molecular weight is 912 g/mol. The quantitative estimate of drug-likeness (QED) is 0.152. The predicted molar refractivity (Wildman–Crippen MR) is 242 cm³/mol. The first-order chi connectivity index (χ1) is 31.3. The Kier molecular flexibility index (Phi) is 12.6. The molecule has 16 nitrogen and oxygen atoms in total. The molecule has 0 radical (unpaired) electrons. The molecule has 5 aliphatic rings. The normalized spacial score (nSPS) is 22.0. The Morgan fingerprint density at radius 1 is 1.00 bits per heavy atom. The van der Waals surface area contributed by atoms with E-state index in [2.05, 4.69) is 30.7 Å². The summed E-state index contributed by atoms with van der Waals surface area (Å²) < 4.78 is 30.0. The lowest BCUT2D eigenvalue weighted by molar-refractivity contribution is -0.137. The van der Waals surface area contributed by atoms with Crippen molar-refractivity contribution in [2.75, 3.05) is 50.1 Å². The number of amides is 4. The molecular formula is C47H55ClFN9O7. The van der Waals surface area contributed by atoms with Crippen LogP contribution >= 0.6 is 11.6 Å². The summed E-state index contributed by atoms with van der Waals surface area (Å²) in [6, 6.07) is 8.61. The molecule has 1 unspecified atom stereocenters. The van der Waals surface area contributed by atoms with Gasteiger partial charge in [0.1, 0.15) is 16.9 Å². The van der Waals surface area contributed by atoms with Crippen LogP contribution in [0.1, 0.15) is 104 Å². The summed E-state index contributed by atoms with van der Waals surface area (Å²) >= 11 is 6.60. The van der Waals surface area contributed by atoms with E-state index in [1.807, 2.05) is 45.0 Å². The summed E-state index contributed by atoms with van der Waals surface area (Å²) in [5.74, 6) is -0.710. The molecule has 0 bridgehead atoms. The first-order valence-electron chi connectivity index (χ1n) is 22.7. The van der Waals surface area contributed by atoms with E-state index in [1.54, 1.807) is 16.8 Å². The number of fused-ring (bicyclic) bond motifs is 2. The van der Waals surface area contributed by atoms with Crippen LogP contribution in [0.3, 0.4) is 0 Å². The van der Waals surface area contributed by atoms with Crippen molar-refractivity contribution in [3.63, 3.8) is 0 Å². The van der Waals surface area contributed by atoms with Crippen molar-refractivity contribution in [1.29, 1.82) is 0 Å². The van der Waals surface area contributed by atoms with Gasteiger partial charge in [0.25, 0.3) is 17.4 Å². The van der Waals surface area contributed by atoms with Gasteiger partial charge in [-0.3, -0.25) is 29.3 Å². The summed E-state index contributed by atoms with van der Waals surface area (Å²) in [6.45, 7) is 8.65. The number of hydrogen-bond donors (Lipinski definition) is 3. The van der Waals surface area contributed by atoms with E-state index in [9.17, 15) is 24.0 Å². The lowest BCUT2D eigenvalue weighted by Crippen LogP contribution is -2.52. The molecule has 1 saturated carbocycles. The molecule has 2 aromatic carbocycles. The van der Waals surface area contributed by atoms with Crippen LogP contribution in [-0.4, -0.2) is 112 Å². The number of ether oxygens (including phenoxy) is 2. The van der Waals surface area contributed by atoms with Gasteiger partial charge < -0.3 is 39.4 Å². The molecule has 65 heavy (non-hydrogen) atoms. The number of likely N-dealkylation sites (tertiary alicyclic amines) is 1. The number of aromatic nitrogens is 3. The van der Waals surface area contributed by atoms with Gasteiger partial charge in [-0.25, -0.2) is 9.37 Å². The Balaban J connectivity index is 0.753. The predicted octanol–water partition coefficient (Wildman–Crippen LogP) is 5.50. The molecule has 6 heterocycles. The number of rotatable bonds is 12. The Morgan fingerprint density at radius 2 is 1.75 bits per heavy atom. The highest BCUT2D eigenvalue weighted by molar-refractivity contribution is 6.33. The number of nitrogens with one attached hydrogen (secondary N) is 3. The number of likely N-dealkylation sites (N-methyl/N-ethyl adjacent to an activating group) is 1. The minimum atomic E-state index is -0.774. The second-order valence-corrected chi connectivity index (χ2v) is 18.6. The van der Waals surface area contributed by atoms with Crippen LogP contribution in [0, 0.1) is 12.7 Å². The third kappa shape index (κ3) is 8.89. The topological polar surface area (TPSA) is 180 Å². The highest BCUT2D eigenvalue weighted by atomic mass is 35.5. The molecule has 2 aromatic heterocycles. The number of anilines is 3. The number of piperidine rings is 3. The zero-order valence-electron chi connectivity index (χ0n) is 37.1. The van der Waals surface area contributed by atoms with Gasteiger partial charge in [-0.15, -0.1) is 0 Å². The summed E-state index contributed by atoms with van der Waals surface area (Å²) in [4.78, 5) is 78.2. The van der Waals surface area contributed by atoms with Gasteiger partial charge >= 0.3 is 0 Å². The standard InChI is InChI=1S/C47H55ClFN9O7/c1-25(2)58-36-6-5-29(18-28(36)19-38(45(58)62)64-24-40(60)50-4)52-43-35(48)22-51-47(54-43)56-15-11-31(12-16-56)65-32-20-30(21-32)55-13-9-27(10-14-55)33-17-26(3)41-34(42(33)49)23-57(46(41)63)37-7-8-39(59)53-44(37)61/h5-6,17-19,22,25,27,30-32,37H,7-16,20-21,23-24H2,1-4H3,(H,50,60)(H,51,52,54)(H,53,59,61)/t30-,32-,37?. The third-order valence-corrected chi connectivity index (χ3v) is 14.1. The van der Waals surface area contributed by atoms with E-state index >= 15 is 4.39 Å². The van der Waals surface area contributed by atoms with Crippen molar-refractivity contribution < 1.29 is 33.0 Å². The van der Waals surface area contributed by atoms with Gasteiger partial charge in [-0.2, -0.15) is 4.98 Å². The molecule has 9 rings (SSSR count). The minimum Gasteiger partial charge on any atom is -0.478 e. The molecule has 4 fully saturated rings. The maximum absolute atomic E-state index is 16.2. The molecule has 18 heteroatoms. The molecule has 4 aliphatic heterocycles. The van der Waals surface area contributed by atoms with Gasteiger partial charge in [-0.1, -0.05) is 17.7 Å². The van der Waals surface area contributed by atoms with Crippen LogP contribution in [0.4, 0.5) is 21.8 Å². The van der Waals surface area contributed by atoms with E-state index < -0.39 is 11.9 Å². The van der Waals surface area contributed by atoms with Crippen molar-refractivity contribution in [2.24, 2.45) is 0 Å². The molecule has 4 amide bonds. The SMILES string of the molecule is CNC(=O)COc1cc2cc(Nc3nc(N4CCC(O[C@H]5C[C@H](N6CCC(c7cc(C)c8c(c7F)CN(C7CCC(=O)NC7=O)C8=O)CC6)C5)CC4)ncc3Cl)ccc2n(C(C)C)c1=O. The minimum absolute atomic E-state index is 0.0388. The fourth-order valence-corrected chi connectivity index (χ4v) is 10.3. The van der Waals surface area contributed by atoms with Gasteiger partial charge in [-0.05, 0) is 120 Å². The number of pyridine rings is 1. The second-order valence-electron chi connectivity index (χ2n) is 18.2. The Morgan fingerprint density at radius 3 is 2.46 bits per heavy atom. The van der Waals surface area contributed by atoms with Crippen molar-refractivity contribution in [3.05, 3.63) is 80.0 Å². The summed E-state index contributed by atoms with van der Waals surface area (Å²) in [5.41, 5.74) is 3.22.